The van der Waals surface area contributed by atoms with Crippen molar-refractivity contribution in [3.05, 3.63) is 12.0 Å². The maximum Gasteiger partial charge on any atom is 0.426 e. The molecule has 20 heavy (non-hydrogen) atoms. The number of hydrogen-bond acceptors (Lipinski definition) is 8. The summed E-state index contributed by atoms with van der Waals surface area (Å²) in [4.78, 5) is 26.8. The fourth-order valence-electron chi connectivity index (χ4n) is 1.12. The van der Waals surface area contributed by atoms with Crippen LogP contribution in [0.2, 0.25) is 0 Å². The molecule has 0 aromatic carbocycles. The lowest BCUT2D eigenvalue weighted by Gasteiger charge is -2.19. The van der Waals surface area contributed by atoms with Crippen LogP contribution in [0.15, 0.2) is 6.33 Å². The fourth-order valence-corrected chi connectivity index (χ4v) is 1.12. The minimum atomic E-state index is -0.724. The molecule has 9 heteroatoms. The molecule has 1 rings (SSSR count). The van der Waals surface area contributed by atoms with Crippen LogP contribution in [0.1, 0.15) is 38.2 Å². The predicted octanol–water partition coefficient (Wildman–Crippen LogP) is 0.900. The molecule has 0 atom stereocenters. The highest BCUT2D eigenvalue weighted by Crippen LogP contribution is 2.09. The predicted molar refractivity (Wildman–Crippen MR) is 68.8 cm³/mol. The van der Waals surface area contributed by atoms with Crippen molar-refractivity contribution in [1.82, 2.24) is 20.6 Å². The molecule has 1 aromatic rings. The molecule has 0 aliphatic rings. The van der Waals surface area contributed by atoms with Gasteiger partial charge in [-0.1, -0.05) is 0 Å². The zero-order valence-electron chi connectivity index (χ0n) is 11.8. The van der Waals surface area contributed by atoms with Gasteiger partial charge in [-0.25, -0.2) is 20.0 Å². The first-order valence-corrected chi connectivity index (χ1v) is 5.93. The van der Waals surface area contributed by atoms with Gasteiger partial charge in [0.05, 0.1) is 6.61 Å². The van der Waals surface area contributed by atoms with Gasteiger partial charge in [0, 0.05) is 0 Å². The second kappa shape index (κ2) is 6.64. The monoisotopic (exact) mass is 283 g/mol. The number of nitrogens with one attached hydrogen (secondary N) is 2. The van der Waals surface area contributed by atoms with Crippen molar-refractivity contribution in [1.29, 1.82) is 0 Å². The minimum Gasteiger partial charge on any atom is -0.461 e. The molecule has 110 valence electrons. The molecule has 0 saturated carbocycles. The Morgan fingerprint density at radius 1 is 1.35 bits per heavy atom. The highest BCUT2D eigenvalue weighted by molar-refractivity contribution is 5.92. The van der Waals surface area contributed by atoms with Gasteiger partial charge < -0.3 is 9.47 Å². The van der Waals surface area contributed by atoms with Crippen LogP contribution in [-0.4, -0.2) is 39.5 Å². The first-order valence-electron chi connectivity index (χ1n) is 5.93. The molecule has 1 amide bonds. The van der Waals surface area contributed by atoms with Crippen LogP contribution in [0.3, 0.4) is 0 Å². The maximum atomic E-state index is 11.6. The van der Waals surface area contributed by atoms with Crippen molar-refractivity contribution in [3.63, 3.8) is 0 Å². The summed E-state index contributed by atoms with van der Waals surface area (Å²) < 4.78 is 9.81. The van der Waals surface area contributed by atoms with Crippen molar-refractivity contribution in [2.45, 2.75) is 33.3 Å². The van der Waals surface area contributed by atoms with E-state index < -0.39 is 17.7 Å². The van der Waals surface area contributed by atoms with Gasteiger partial charge in [0.1, 0.15) is 11.9 Å². The van der Waals surface area contributed by atoms with Crippen LogP contribution in [0.25, 0.3) is 0 Å². The van der Waals surface area contributed by atoms with Crippen LogP contribution in [0.4, 0.5) is 10.6 Å². The Labute approximate surface area is 116 Å². The molecule has 0 spiro atoms. The molecule has 0 unspecified atom stereocenters. The summed E-state index contributed by atoms with van der Waals surface area (Å²) in [5, 5.41) is 7.17. The maximum absolute atomic E-state index is 11.6. The lowest BCUT2D eigenvalue weighted by atomic mass is 10.2. The van der Waals surface area contributed by atoms with E-state index in [1.165, 1.54) is 0 Å². The molecule has 2 N–H and O–H groups in total. The number of carbonyl (C=O) groups excluding carboxylic acids is 2. The molecule has 0 saturated heterocycles. The van der Waals surface area contributed by atoms with E-state index in [9.17, 15) is 9.59 Å². The largest absolute Gasteiger partial charge is 0.461 e. The second-order valence-corrected chi connectivity index (χ2v) is 4.63. The first-order chi connectivity index (χ1) is 9.33. The van der Waals surface area contributed by atoms with Gasteiger partial charge in [0.15, 0.2) is 5.69 Å². The fraction of sp³-hybridized carbons (Fsp3) is 0.545. The zero-order valence-corrected chi connectivity index (χ0v) is 11.8. The van der Waals surface area contributed by atoms with E-state index in [0.717, 1.165) is 6.33 Å². The molecule has 1 heterocycles. The van der Waals surface area contributed by atoms with Gasteiger partial charge >= 0.3 is 12.1 Å². The van der Waals surface area contributed by atoms with E-state index in [4.69, 9.17) is 9.47 Å². The molecule has 1 aromatic heterocycles. The average Bonchev–Trinajstić information content (AvgIpc) is 2.35. The third kappa shape index (κ3) is 5.04. The smallest absolute Gasteiger partial charge is 0.426 e. The Bertz CT molecular complexity index is 486. The highest BCUT2D eigenvalue weighted by atomic mass is 16.6. The quantitative estimate of drug-likeness (QED) is 0.618. The summed E-state index contributed by atoms with van der Waals surface area (Å²) >= 11 is 0. The number of aromatic nitrogens is 3. The third-order valence-electron chi connectivity index (χ3n) is 1.77. The number of ether oxygens (including phenoxy) is 2. The zero-order chi connectivity index (χ0) is 15.2. The molecule has 9 nitrogen and oxygen atoms in total. The highest BCUT2D eigenvalue weighted by Gasteiger charge is 2.19. The van der Waals surface area contributed by atoms with Gasteiger partial charge in [-0.3, -0.25) is 5.43 Å². The van der Waals surface area contributed by atoms with E-state index in [1.54, 1.807) is 27.7 Å². The van der Waals surface area contributed by atoms with Gasteiger partial charge in [-0.05, 0) is 27.7 Å². The molecule has 0 fully saturated rings. The number of rotatable bonds is 4. The topological polar surface area (TPSA) is 115 Å². The van der Waals surface area contributed by atoms with Crippen LogP contribution in [0.5, 0.6) is 0 Å². The van der Waals surface area contributed by atoms with Gasteiger partial charge in [-0.15, -0.1) is 10.2 Å². The van der Waals surface area contributed by atoms with Crippen LogP contribution in [0, 0.1) is 0 Å². The molecule has 0 radical (unpaired) electrons. The second-order valence-electron chi connectivity index (χ2n) is 4.63. The van der Waals surface area contributed by atoms with Crippen molar-refractivity contribution in [2.75, 3.05) is 12.0 Å². The summed E-state index contributed by atoms with van der Waals surface area (Å²) in [5.74, 6) is -0.701. The number of hydrogen-bond donors (Lipinski definition) is 2. The van der Waals surface area contributed by atoms with E-state index >= 15 is 0 Å². The third-order valence-corrected chi connectivity index (χ3v) is 1.77. The SMILES string of the molecule is CCOC(=O)c1ncnnc1NNC(=O)OC(C)(C)C. The van der Waals surface area contributed by atoms with E-state index in [2.05, 4.69) is 26.0 Å². The number of nitrogens with zero attached hydrogens (tertiary/aromatic N) is 3. The Morgan fingerprint density at radius 3 is 2.65 bits per heavy atom. The lowest BCUT2D eigenvalue weighted by molar-refractivity contribution is 0.0509. The number of hydrazine groups is 1. The van der Waals surface area contributed by atoms with Crippen molar-refractivity contribution in [2.24, 2.45) is 0 Å². The summed E-state index contributed by atoms with van der Waals surface area (Å²) in [6, 6.07) is 0. The summed E-state index contributed by atoms with van der Waals surface area (Å²) in [6.45, 7) is 7.03. The molecule has 0 aliphatic heterocycles. The molecule has 0 aliphatic carbocycles. The Morgan fingerprint density at radius 2 is 2.05 bits per heavy atom. The molecule has 0 bridgehead atoms. The molecular weight excluding hydrogens is 266 g/mol. The van der Waals surface area contributed by atoms with Gasteiger partial charge in [0.25, 0.3) is 0 Å². The normalized spacial score (nSPS) is 10.6. The van der Waals surface area contributed by atoms with E-state index in [-0.39, 0.29) is 18.1 Å². The van der Waals surface area contributed by atoms with Crippen molar-refractivity contribution >= 4 is 17.9 Å². The average molecular weight is 283 g/mol. The van der Waals surface area contributed by atoms with E-state index in [0.29, 0.717) is 0 Å². The number of amides is 1. The number of esters is 1. The summed E-state index contributed by atoms with van der Waals surface area (Å²) in [6.07, 6.45) is 0.378. The van der Waals surface area contributed by atoms with Crippen molar-refractivity contribution in [3.8, 4) is 0 Å². The lowest BCUT2D eigenvalue weighted by Crippen LogP contribution is -2.36. The number of carbonyl (C=O) groups is 2. The first kappa shape index (κ1) is 15.6. The van der Waals surface area contributed by atoms with E-state index in [1.807, 2.05) is 0 Å². The Hall–Kier alpha value is -2.45. The summed E-state index contributed by atoms with van der Waals surface area (Å²) in [5.41, 5.74) is 3.92. The number of anilines is 1. The Balaban J connectivity index is 2.69. The summed E-state index contributed by atoms with van der Waals surface area (Å²) in [7, 11) is 0. The van der Waals surface area contributed by atoms with Crippen molar-refractivity contribution < 1.29 is 19.1 Å². The Kier molecular flexibility index (Phi) is 5.18. The van der Waals surface area contributed by atoms with Crippen LogP contribution < -0.4 is 10.9 Å². The standard InChI is InChI=1S/C11H17N5O4/c1-5-19-9(17)7-8(14-13-6-12-7)15-16-10(18)20-11(2,3)4/h6H,5H2,1-4H3,(H,14,15)(H,16,18). The van der Waals surface area contributed by atoms with Gasteiger partial charge in [-0.2, -0.15) is 0 Å². The minimum absolute atomic E-state index is 0.0307. The molecular formula is C11H17N5O4. The van der Waals surface area contributed by atoms with Crippen LogP contribution >= 0.6 is 0 Å². The van der Waals surface area contributed by atoms with Gasteiger partial charge in [0.2, 0.25) is 5.82 Å². The van der Waals surface area contributed by atoms with Crippen LogP contribution in [-0.2, 0) is 9.47 Å².